The number of rotatable bonds is 6. The minimum atomic E-state index is -0.500. The van der Waals surface area contributed by atoms with E-state index in [4.69, 9.17) is 4.74 Å². The van der Waals surface area contributed by atoms with Crippen LogP contribution < -0.4 is 5.32 Å². The molecule has 0 aromatic rings. The first-order valence-electron chi connectivity index (χ1n) is 7.46. The van der Waals surface area contributed by atoms with Crippen LogP contribution in [0, 0.1) is 17.2 Å². The summed E-state index contributed by atoms with van der Waals surface area (Å²) in [5, 5.41) is 12.7. The molecule has 0 radical (unpaired) electrons. The van der Waals surface area contributed by atoms with Gasteiger partial charge in [-0.05, 0) is 38.5 Å². The second-order valence-corrected chi connectivity index (χ2v) is 6.24. The summed E-state index contributed by atoms with van der Waals surface area (Å²) in [7, 11) is 0. The Bertz CT molecular complexity index is 308. The standard InChI is InChI=1S/C15H26N2O/c1-3-12-5-4-6-14(9-12)18-11-15(2,10-16)17-13-7-8-13/h12-14,17H,3-9,11H2,1-2H3. The predicted octanol–water partition coefficient (Wildman–Crippen LogP) is 3.01. The highest BCUT2D eigenvalue weighted by Gasteiger charge is 2.34. The SMILES string of the molecule is CCC1CCCC(OCC(C)(C#N)NC2CC2)C1. The van der Waals surface area contributed by atoms with Gasteiger partial charge in [-0.1, -0.05) is 26.2 Å². The highest BCUT2D eigenvalue weighted by atomic mass is 16.5. The zero-order valence-electron chi connectivity index (χ0n) is 11.7. The lowest BCUT2D eigenvalue weighted by Gasteiger charge is -2.31. The van der Waals surface area contributed by atoms with Crippen LogP contribution in [-0.2, 0) is 4.74 Å². The van der Waals surface area contributed by atoms with Gasteiger partial charge in [0.05, 0.1) is 18.8 Å². The highest BCUT2D eigenvalue weighted by molar-refractivity contribution is 5.07. The van der Waals surface area contributed by atoms with Gasteiger partial charge in [-0.15, -0.1) is 0 Å². The number of nitriles is 1. The summed E-state index contributed by atoms with van der Waals surface area (Å²) >= 11 is 0. The fourth-order valence-electron chi connectivity index (χ4n) is 2.83. The monoisotopic (exact) mass is 250 g/mol. The van der Waals surface area contributed by atoms with E-state index < -0.39 is 5.54 Å². The minimum absolute atomic E-state index is 0.373. The van der Waals surface area contributed by atoms with Crippen molar-refractivity contribution in [2.75, 3.05) is 6.61 Å². The van der Waals surface area contributed by atoms with Crippen LogP contribution in [0.3, 0.4) is 0 Å². The topological polar surface area (TPSA) is 45.0 Å². The molecule has 0 aromatic carbocycles. The summed E-state index contributed by atoms with van der Waals surface area (Å²) in [6.45, 7) is 4.76. The Morgan fingerprint density at radius 2 is 2.11 bits per heavy atom. The Balaban J connectivity index is 1.76. The van der Waals surface area contributed by atoms with Crippen molar-refractivity contribution >= 4 is 0 Å². The molecule has 0 aromatic heterocycles. The molecule has 0 amide bonds. The quantitative estimate of drug-likeness (QED) is 0.788. The number of ether oxygens (including phenoxy) is 1. The van der Waals surface area contributed by atoms with Crippen molar-refractivity contribution < 1.29 is 4.74 Å². The molecule has 0 heterocycles. The van der Waals surface area contributed by atoms with Crippen molar-refractivity contribution in [2.45, 2.75) is 76.5 Å². The van der Waals surface area contributed by atoms with Crippen LogP contribution in [0.25, 0.3) is 0 Å². The normalized spacial score (nSPS) is 31.6. The summed E-state index contributed by atoms with van der Waals surface area (Å²) in [6, 6.07) is 2.93. The Labute approximate surface area is 111 Å². The van der Waals surface area contributed by atoms with Crippen LogP contribution >= 0.6 is 0 Å². The minimum Gasteiger partial charge on any atom is -0.375 e. The maximum atomic E-state index is 9.30. The molecule has 3 nitrogen and oxygen atoms in total. The number of hydrogen-bond donors (Lipinski definition) is 1. The highest BCUT2D eigenvalue weighted by Crippen LogP contribution is 2.29. The van der Waals surface area contributed by atoms with E-state index in [1.807, 2.05) is 6.92 Å². The molecule has 2 aliphatic carbocycles. The van der Waals surface area contributed by atoms with Gasteiger partial charge in [0.25, 0.3) is 0 Å². The van der Waals surface area contributed by atoms with Gasteiger partial charge in [0, 0.05) is 6.04 Å². The molecular weight excluding hydrogens is 224 g/mol. The lowest BCUT2D eigenvalue weighted by atomic mass is 9.85. The van der Waals surface area contributed by atoms with Gasteiger partial charge >= 0.3 is 0 Å². The Morgan fingerprint density at radius 1 is 1.33 bits per heavy atom. The molecular formula is C15H26N2O. The third kappa shape index (κ3) is 3.96. The molecule has 2 rings (SSSR count). The van der Waals surface area contributed by atoms with Gasteiger partial charge in [0.15, 0.2) is 0 Å². The third-order valence-corrected chi connectivity index (χ3v) is 4.27. The van der Waals surface area contributed by atoms with Gasteiger partial charge in [0.2, 0.25) is 0 Å². The van der Waals surface area contributed by atoms with Crippen molar-refractivity contribution in [1.82, 2.24) is 5.32 Å². The van der Waals surface area contributed by atoms with Gasteiger partial charge in [0.1, 0.15) is 5.54 Å². The lowest BCUT2D eigenvalue weighted by Crippen LogP contribution is -2.47. The van der Waals surface area contributed by atoms with Crippen molar-refractivity contribution in [3.05, 3.63) is 0 Å². The summed E-state index contributed by atoms with van der Waals surface area (Å²) in [6.07, 6.45) is 9.03. The van der Waals surface area contributed by atoms with E-state index in [2.05, 4.69) is 18.3 Å². The van der Waals surface area contributed by atoms with Gasteiger partial charge in [-0.3, -0.25) is 5.32 Å². The van der Waals surface area contributed by atoms with E-state index in [1.165, 1.54) is 44.9 Å². The second kappa shape index (κ2) is 6.04. The second-order valence-electron chi connectivity index (χ2n) is 6.24. The van der Waals surface area contributed by atoms with E-state index in [9.17, 15) is 5.26 Å². The Hall–Kier alpha value is -0.590. The zero-order chi connectivity index (χ0) is 13.0. The predicted molar refractivity (Wildman–Crippen MR) is 72.2 cm³/mol. The summed E-state index contributed by atoms with van der Waals surface area (Å²) in [4.78, 5) is 0. The molecule has 0 spiro atoms. The number of nitrogens with zero attached hydrogens (tertiary/aromatic N) is 1. The van der Waals surface area contributed by atoms with Crippen molar-refractivity contribution in [3.8, 4) is 6.07 Å². The molecule has 0 bridgehead atoms. The maximum absolute atomic E-state index is 9.30. The molecule has 2 fully saturated rings. The molecule has 3 unspecified atom stereocenters. The third-order valence-electron chi connectivity index (χ3n) is 4.27. The summed E-state index contributed by atoms with van der Waals surface area (Å²) in [5.74, 6) is 0.827. The van der Waals surface area contributed by atoms with Crippen LogP contribution in [0.1, 0.15) is 58.8 Å². The molecule has 0 saturated heterocycles. The average molecular weight is 250 g/mol. The molecule has 3 atom stereocenters. The lowest BCUT2D eigenvalue weighted by molar-refractivity contribution is -0.00714. The first-order chi connectivity index (χ1) is 8.65. The molecule has 102 valence electrons. The fourth-order valence-corrected chi connectivity index (χ4v) is 2.83. The van der Waals surface area contributed by atoms with Crippen LogP contribution in [0.4, 0.5) is 0 Å². The van der Waals surface area contributed by atoms with Crippen molar-refractivity contribution in [3.63, 3.8) is 0 Å². The van der Waals surface area contributed by atoms with Gasteiger partial charge in [-0.25, -0.2) is 0 Å². The summed E-state index contributed by atoms with van der Waals surface area (Å²) in [5.41, 5.74) is -0.500. The van der Waals surface area contributed by atoms with Crippen LogP contribution in [0.15, 0.2) is 0 Å². The Morgan fingerprint density at radius 3 is 2.72 bits per heavy atom. The zero-order valence-corrected chi connectivity index (χ0v) is 11.7. The molecule has 1 N–H and O–H groups in total. The summed E-state index contributed by atoms with van der Waals surface area (Å²) < 4.78 is 6.01. The largest absolute Gasteiger partial charge is 0.375 e. The fraction of sp³-hybridized carbons (Fsp3) is 0.933. The van der Waals surface area contributed by atoms with Crippen molar-refractivity contribution in [1.29, 1.82) is 5.26 Å². The van der Waals surface area contributed by atoms with E-state index in [0.717, 1.165) is 5.92 Å². The van der Waals surface area contributed by atoms with Crippen LogP contribution in [0.2, 0.25) is 0 Å². The first kappa shape index (κ1) is 13.8. The Kier molecular flexibility index (Phi) is 4.64. The molecule has 2 saturated carbocycles. The van der Waals surface area contributed by atoms with Gasteiger partial charge < -0.3 is 4.74 Å². The van der Waals surface area contributed by atoms with Crippen molar-refractivity contribution in [2.24, 2.45) is 5.92 Å². The van der Waals surface area contributed by atoms with E-state index in [0.29, 0.717) is 18.8 Å². The van der Waals surface area contributed by atoms with E-state index in [-0.39, 0.29) is 0 Å². The molecule has 0 aliphatic heterocycles. The smallest absolute Gasteiger partial charge is 0.127 e. The molecule has 18 heavy (non-hydrogen) atoms. The van der Waals surface area contributed by atoms with Crippen LogP contribution in [0.5, 0.6) is 0 Å². The van der Waals surface area contributed by atoms with E-state index in [1.54, 1.807) is 0 Å². The van der Waals surface area contributed by atoms with Gasteiger partial charge in [-0.2, -0.15) is 5.26 Å². The maximum Gasteiger partial charge on any atom is 0.127 e. The number of nitrogens with one attached hydrogen (secondary N) is 1. The first-order valence-corrected chi connectivity index (χ1v) is 7.46. The van der Waals surface area contributed by atoms with Crippen LogP contribution in [-0.4, -0.2) is 24.3 Å². The average Bonchev–Trinajstić information content (AvgIpc) is 3.20. The molecule has 2 aliphatic rings. The van der Waals surface area contributed by atoms with E-state index >= 15 is 0 Å². The molecule has 3 heteroatoms. The number of hydrogen-bond acceptors (Lipinski definition) is 3.